The predicted molar refractivity (Wildman–Crippen MR) is 96.2 cm³/mol. The number of hydrogen-bond acceptors (Lipinski definition) is 5. The standard InChI is InChI=1S/C17H31N3O3.CH4/c1-16(2,3)14-13-20(19-18-14)8-10-23-12-11-22-9-7-15(21)17(4,5)6;/h13H,7-12H2,1-6H3;1H4. The van der Waals surface area contributed by atoms with Gasteiger partial charge in [-0.05, 0) is 0 Å². The monoisotopic (exact) mass is 341 g/mol. The highest BCUT2D eigenvalue weighted by Crippen LogP contribution is 2.18. The van der Waals surface area contributed by atoms with Crippen molar-refractivity contribution in [3.63, 3.8) is 0 Å². The smallest absolute Gasteiger partial charge is 0.140 e. The third-order valence-electron chi connectivity index (χ3n) is 3.45. The van der Waals surface area contributed by atoms with E-state index < -0.39 is 0 Å². The van der Waals surface area contributed by atoms with E-state index in [4.69, 9.17) is 9.47 Å². The van der Waals surface area contributed by atoms with Gasteiger partial charge in [0.15, 0.2) is 0 Å². The lowest BCUT2D eigenvalue weighted by Crippen LogP contribution is -2.21. The second-order valence-electron chi connectivity index (χ2n) is 7.76. The van der Waals surface area contributed by atoms with E-state index >= 15 is 0 Å². The van der Waals surface area contributed by atoms with E-state index in [2.05, 4.69) is 31.1 Å². The van der Waals surface area contributed by atoms with E-state index in [0.29, 0.717) is 39.4 Å². The minimum absolute atomic E-state index is 0. The van der Waals surface area contributed by atoms with E-state index in [0.717, 1.165) is 5.69 Å². The Bertz CT molecular complexity index is 484. The van der Waals surface area contributed by atoms with Crippen LogP contribution < -0.4 is 0 Å². The molecule has 0 aliphatic heterocycles. The number of rotatable bonds is 9. The third kappa shape index (κ3) is 8.55. The van der Waals surface area contributed by atoms with Gasteiger partial charge < -0.3 is 9.47 Å². The molecule has 1 heterocycles. The van der Waals surface area contributed by atoms with Crippen molar-refractivity contribution in [3.05, 3.63) is 11.9 Å². The molecule has 1 aromatic heterocycles. The number of hydrogen-bond donors (Lipinski definition) is 0. The molecular weight excluding hydrogens is 306 g/mol. The van der Waals surface area contributed by atoms with E-state index in [1.54, 1.807) is 4.68 Å². The quantitative estimate of drug-likeness (QED) is 0.645. The Hall–Kier alpha value is -1.27. The molecule has 0 aliphatic carbocycles. The van der Waals surface area contributed by atoms with E-state index in [-0.39, 0.29) is 24.0 Å². The number of aromatic nitrogens is 3. The molecule has 0 aliphatic rings. The van der Waals surface area contributed by atoms with Crippen molar-refractivity contribution in [1.82, 2.24) is 15.0 Å². The first-order valence-corrected chi connectivity index (χ1v) is 8.20. The van der Waals surface area contributed by atoms with Gasteiger partial charge in [0.05, 0.1) is 38.7 Å². The number of carbonyl (C=O) groups excluding carboxylic acids is 1. The van der Waals surface area contributed by atoms with Gasteiger partial charge in [-0.15, -0.1) is 5.10 Å². The summed E-state index contributed by atoms with van der Waals surface area (Å²) in [5.41, 5.74) is 0.699. The van der Waals surface area contributed by atoms with Crippen LogP contribution in [0.1, 0.15) is 61.1 Å². The fourth-order valence-corrected chi connectivity index (χ4v) is 1.77. The lowest BCUT2D eigenvalue weighted by atomic mass is 9.89. The van der Waals surface area contributed by atoms with E-state index in [1.165, 1.54) is 0 Å². The number of carbonyl (C=O) groups is 1. The fourth-order valence-electron chi connectivity index (χ4n) is 1.77. The van der Waals surface area contributed by atoms with Crippen LogP contribution in [0, 0.1) is 5.41 Å². The van der Waals surface area contributed by atoms with Crippen LogP contribution >= 0.6 is 0 Å². The summed E-state index contributed by atoms with van der Waals surface area (Å²) in [6, 6.07) is 0. The lowest BCUT2D eigenvalue weighted by molar-refractivity contribution is -0.127. The van der Waals surface area contributed by atoms with Gasteiger partial charge in [-0.3, -0.25) is 4.79 Å². The topological polar surface area (TPSA) is 66.2 Å². The molecule has 0 saturated heterocycles. The maximum atomic E-state index is 11.7. The Balaban J connectivity index is 0.00000529. The van der Waals surface area contributed by atoms with Crippen LogP contribution in [0.4, 0.5) is 0 Å². The van der Waals surface area contributed by atoms with Crippen LogP contribution in [0.3, 0.4) is 0 Å². The molecule has 0 fully saturated rings. The minimum atomic E-state index is -0.288. The molecule has 0 amide bonds. The van der Waals surface area contributed by atoms with Crippen molar-refractivity contribution >= 4 is 5.78 Å². The number of ketones is 1. The summed E-state index contributed by atoms with van der Waals surface area (Å²) in [6.07, 6.45) is 2.41. The van der Waals surface area contributed by atoms with Crippen molar-refractivity contribution in [2.45, 2.75) is 67.3 Å². The zero-order chi connectivity index (χ0) is 17.5. The molecule has 0 unspecified atom stereocenters. The van der Waals surface area contributed by atoms with Gasteiger partial charge in [0, 0.05) is 23.4 Å². The second-order valence-corrected chi connectivity index (χ2v) is 7.76. The molecule has 0 aromatic carbocycles. The first-order valence-electron chi connectivity index (χ1n) is 8.20. The summed E-state index contributed by atoms with van der Waals surface area (Å²) in [5.74, 6) is 0.222. The van der Waals surface area contributed by atoms with Crippen molar-refractivity contribution in [3.8, 4) is 0 Å². The number of nitrogens with zero attached hydrogens (tertiary/aromatic N) is 3. The molecule has 24 heavy (non-hydrogen) atoms. The van der Waals surface area contributed by atoms with Crippen LogP contribution in [0.5, 0.6) is 0 Å². The number of ether oxygens (including phenoxy) is 2. The van der Waals surface area contributed by atoms with Crippen molar-refractivity contribution in [2.75, 3.05) is 26.4 Å². The van der Waals surface area contributed by atoms with E-state index in [9.17, 15) is 4.79 Å². The van der Waals surface area contributed by atoms with Crippen molar-refractivity contribution in [1.29, 1.82) is 0 Å². The zero-order valence-electron chi connectivity index (χ0n) is 15.4. The highest BCUT2D eigenvalue weighted by Gasteiger charge is 2.20. The number of Topliss-reactive ketones (excluding diaryl/α,β-unsaturated/α-hetero) is 1. The van der Waals surface area contributed by atoms with Gasteiger partial charge in [-0.1, -0.05) is 54.2 Å². The third-order valence-corrected chi connectivity index (χ3v) is 3.45. The predicted octanol–water partition coefficient (Wildman–Crippen LogP) is 3.25. The van der Waals surface area contributed by atoms with Gasteiger partial charge in [0.25, 0.3) is 0 Å². The largest absolute Gasteiger partial charge is 0.379 e. The molecule has 6 nitrogen and oxygen atoms in total. The summed E-state index contributed by atoms with van der Waals surface area (Å²) in [6.45, 7) is 14.8. The van der Waals surface area contributed by atoms with Gasteiger partial charge >= 0.3 is 0 Å². The lowest BCUT2D eigenvalue weighted by Gasteiger charge is -2.16. The summed E-state index contributed by atoms with van der Waals surface area (Å²) >= 11 is 0. The van der Waals surface area contributed by atoms with Crippen LogP contribution in [0.25, 0.3) is 0 Å². The van der Waals surface area contributed by atoms with Crippen molar-refractivity contribution < 1.29 is 14.3 Å². The molecule has 0 atom stereocenters. The van der Waals surface area contributed by atoms with Crippen LogP contribution in [-0.2, 0) is 26.2 Å². The van der Waals surface area contributed by atoms with Crippen molar-refractivity contribution in [2.24, 2.45) is 5.41 Å². The van der Waals surface area contributed by atoms with Gasteiger partial charge in [0.2, 0.25) is 0 Å². The fraction of sp³-hybridized carbons (Fsp3) is 0.833. The van der Waals surface area contributed by atoms with E-state index in [1.807, 2.05) is 27.0 Å². The highest BCUT2D eigenvalue weighted by atomic mass is 16.5. The summed E-state index contributed by atoms with van der Waals surface area (Å²) < 4.78 is 12.7. The maximum Gasteiger partial charge on any atom is 0.140 e. The molecule has 140 valence electrons. The average molecular weight is 341 g/mol. The maximum absolute atomic E-state index is 11.7. The summed E-state index contributed by atoms with van der Waals surface area (Å²) in [4.78, 5) is 11.7. The minimum Gasteiger partial charge on any atom is -0.379 e. The Labute approximate surface area is 146 Å². The Morgan fingerprint density at radius 2 is 1.62 bits per heavy atom. The normalized spacial score (nSPS) is 12.1. The zero-order valence-corrected chi connectivity index (χ0v) is 15.4. The summed E-state index contributed by atoms with van der Waals surface area (Å²) in [7, 11) is 0. The molecule has 0 spiro atoms. The molecule has 0 bridgehead atoms. The molecular formula is C18H35N3O3. The SMILES string of the molecule is C.CC(C)(C)C(=O)CCOCCOCCn1cc(C(C)(C)C)nn1. The van der Waals surface area contributed by atoms with Gasteiger partial charge in [-0.25, -0.2) is 4.68 Å². The Kier molecular flexibility index (Phi) is 9.37. The van der Waals surface area contributed by atoms with Crippen LogP contribution in [0.15, 0.2) is 6.20 Å². The Morgan fingerprint density at radius 3 is 2.12 bits per heavy atom. The highest BCUT2D eigenvalue weighted by molar-refractivity contribution is 5.83. The van der Waals surface area contributed by atoms with Crippen LogP contribution in [0.2, 0.25) is 0 Å². The Morgan fingerprint density at radius 1 is 1.04 bits per heavy atom. The molecule has 0 saturated carbocycles. The van der Waals surface area contributed by atoms with Gasteiger partial charge in [0.1, 0.15) is 5.78 Å². The van der Waals surface area contributed by atoms with Gasteiger partial charge in [-0.2, -0.15) is 0 Å². The molecule has 1 rings (SSSR count). The average Bonchev–Trinajstić information content (AvgIpc) is 2.89. The molecule has 6 heteroatoms. The first kappa shape index (κ1) is 22.7. The summed E-state index contributed by atoms with van der Waals surface area (Å²) in [5, 5.41) is 8.25. The van der Waals surface area contributed by atoms with Crippen LogP contribution in [-0.4, -0.2) is 47.2 Å². The second kappa shape index (κ2) is 9.89. The molecule has 0 N–H and O–H groups in total. The first-order chi connectivity index (χ1) is 10.6. The molecule has 1 aromatic rings. The molecule has 0 radical (unpaired) electrons.